The van der Waals surface area contributed by atoms with Crippen LogP contribution in [0, 0.1) is 15.5 Å². The fourth-order valence-corrected chi connectivity index (χ4v) is 3.23. The maximum Gasteiger partial charge on any atom is 0.317 e. The molecule has 0 bridgehead atoms. The Morgan fingerprint density at radius 1 is 1.50 bits per heavy atom. The van der Waals surface area contributed by atoms with Crippen molar-refractivity contribution in [2.24, 2.45) is 5.41 Å². The number of carbonyl (C=O) groups excluding carboxylic acids is 1. The van der Waals surface area contributed by atoms with E-state index in [9.17, 15) is 20.0 Å². The minimum Gasteiger partial charge on any atom is -0.393 e. The van der Waals surface area contributed by atoms with Crippen molar-refractivity contribution in [3.63, 3.8) is 0 Å². The molecule has 1 aromatic rings. The fourth-order valence-electron chi connectivity index (χ4n) is 3.23. The lowest BCUT2D eigenvalue weighted by Gasteiger charge is -2.31. The lowest BCUT2D eigenvalue weighted by molar-refractivity contribution is -0.385. The molecule has 0 saturated heterocycles. The van der Waals surface area contributed by atoms with Crippen LogP contribution in [0.4, 0.5) is 10.5 Å². The Hall–Kier alpha value is -2.15. The number of aliphatic hydroxyl groups is 1. The number of nitro groups is 1. The minimum atomic E-state index is -0.417. The lowest BCUT2D eigenvalue weighted by atomic mass is 9.87. The number of rotatable bonds is 5. The van der Waals surface area contributed by atoms with E-state index in [2.05, 4.69) is 5.32 Å². The summed E-state index contributed by atoms with van der Waals surface area (Å²) in [7, 11) is 0. The van der Waals surface area contributed by atoms with Crippen molar-refractivity contribution >= 4 is 11.7 Å². The summed E-state index contributed by atoms with van der Waals surface area (Å²) in [6.45, 7) is 7.02. The molecule has 7 heteroatoms. The summed E-state index contributed by atoms with van der Waals surface area (Å²) < 4.78 is 0. The number of hydrogen-bond donors (Lipinski definition) is 2. The van der Waals surface area contributed by atoms with Gasteiger partial charge in [-0.25, -0.2) is 4.79 Å². The summed E-state index contributed by atoms with van der Waals surface area (Å²) in [6.07, 6.45) is 0.665. The van der Waals surface area contributed by atoms with E-state index in [0.29, 0.717) is 32.5 Å². The number of urea groups is 1. The standard InChI is InChI=1S/C17H25N3O4/c1-12(21)9-17(2,3)11-18-16(22)19-8-7-14-13(10-19)5-4-6-15(14)20(23)24/h4-6,12,21H,7-11H2,1-3H3,(H,18,22). The van der Waals surface area contributed by atoms with Gasteiger partial charge in [0.05, 0.1) is 11.0 Å². The van der Waals surface area contributed by atoms with E-state index in [1.807, 2.05) is 19.9 Å². The zero-order chi connectivity index (χ0) is 17.9. The van der Waals surface area contributed by atoms with Gasteiger partial charge in [0.1, 0.15) is 0 Å². The number of fused-ring (bicyclic) bond motifs is 1. The molecule has 132 valence electrons. The molecule has 0 fully saturated rings. The average molecular weight is 335 g/mol. The first-order valence-corrected chi connectivity index (χ1v) is 8.15. The van der Waals surface area contributed by atoms with Gasteiger partial charge in [-0.2, -0.15) is 0 Å². The summed E-state index contributed by atoms with van der Waals surface area (Å²) >= 11 is 0. The quantitative estimate of drug-likeness (QED) is 0.638. The van der Waals surface area contributed by atoms with E-state index in [1.54, 1.807) is 17.9 Å². The maximum atomic E-state index is 12.4. The average Bonchev–Trinajstić information content (AvgIpc) is 2.50. The molecule has 2 rings (SSSR count). The predicted molar refractivity (Wildman–Crippen MR) is 90.7 cm³/mol. The fraction of sp³-hybridized carbons (Fsp3) is 0.588. The highest BCUT2D eigenvalue weighted by molar-refractivity contribution is 5.74. The van der Waals surface area contributed by atoms with Crippen LogP contribution in [0.2, 0.25) is 0 Å². The number of aliphatic hydroxyl groups excluding tert-OH is 1. The van der Waals surface area contributed by atoms with E-state index in [1.165, 1.54) is 6.07 Å². The third-order valence-electron chi connectivity index (χ3n) is 4.29. The van der Waals surface area contributed by atoms with Gasteiger partial charge in [0, 0.05) is 31.3 Å². The topological polar surface area (TPSA) is 95.7 Å². The first-order valence-electron chi connectivity index (χ1n) is 8.15. The molecule has 0 spiro atoms. The normalized spacial score (nSPS) is 15.6. The van der Waals surface area contributed by atoms with Crippen molar-refractivity contribution in [1.29, 1.82) is 0 Å². The zero-order valence-electron chi connectivity index (χ0n) is 14.4. The lowest BCUT2D eigenvalue weighted by Crippen LogP contribution is -2.46. The number of nitro benzene ring substituents is 1. The van der Waals surface area contributed by atoms with Crippen LogP contribution < -0.4 is 5.32 Å². The van der Waals surface area contributed by atoms with Gasteiger partial charge in [-0.05, 0) is 30.7 Å². The molecule has 24 heavy (non-hydrogen) atoms. The summed E-state index contributed by atoms with van der Waals surface area (Å²) in [6, 6.07) is 4.82. The molecule has 1 atom stereocenters. The van der Waals surface area contributed by atoms with Gasteiger partial charge >= 0.3 is 6.03 Å². The van der Waals surface area contributed by atoms with Crippen LogP contribution in [0.25, 0.3) is 0 Å². The second kappa shape index (κ2) is 7.17. The molecular formula is C17H25N3O4. The molecule has 1 heterocycles. The van der Waals surface area contributed by atoms with Crippen LogP contribution in [-0.2, 0) is 13.0 Å². The third-order valence-corrected chi connectivity index (χ3v) is 4.29. The Morgan fingerprint density at radius 2 is 2.21 bits per heavy atom. The van der Waals surface area contributed by atoms with Crippen molar-refractivity contribution in [1.82, 2.24) is 10.2 Å². The molecule has 1 aliphatic heterocycles. The van der Waals surface area contributed by atoms with Crippen molar-refractivity contribution in [2.45, 2.75) is 46.3 Å². The van der Waals surface area contributed by atoms with Crippen LogP contribution in [0.5, 0.6) is 0 Å². The van der Waals surface area contributed by atoms with Crippen LogP contribution >= 0.6 is 0 Å². The largest absolute Gasteiger partial charge is 0.393 e. The molecular weight excluding hydrogens is 310 g/mol. The first kappa shape index (κ1) is 18.2. The first-order chi connectivity index (χ1) is 11.2. The minimum absolute atomic E-state index is 0.130. The van der Waals surface area contributed by atoms with Gasteiger partial charge < -0.3 is 15.3 Å². The van der Waals surface area contributed by atoms with Crippen molar-refractivity contribution < 1.29 is 14.8 Å². The Kier molecular flexibility index (Phi) is 5.43. The van der Waals surface area contributed by atoms with Gasteiger partial charge in [0.2, 0.25) is 0 Å². The van der Waals surface area contributed by atoms with E-state index >= 15 is 0 Å². The number of nitrogens with zero attached hydrogens (tertiary/aromatic N) is 2. The van der Waals surface area contributed by atoms with E-state index in [0.717, 1.165) is 11.1 Å². The molecule has 0 aromatic heterocycles. The van der Waals surface area contributed by atoms with Crippen molar-refractivity contribution in [3.05, 3.63) is 39.4 Å². The van der Waals surface area contributed by atoms with Gasteiger partial charge in [-0.15, -0.1) is 0 Å². The molecule has 2 amide bonds. The van der Waals surface area contributed by atoms with Gasteiger partial charge in [-0.1, -0.05) is 26.0 Å². The number of carbonyl (C=O) groups is 1. The number of benzene rings is 1. The Bertz CT molecular complexity index is 628. The predicted octanol–water partition coefficient (Wildman–Crippen LogP) is 2.46. The Labute approximate surface area is 141 Å². The van der Waals surface area contributed by atoms with E-state index in [4.69, 9.17) is 0 Å². The molecule has 2 N–H and O–H groups in total. The van der Waals surface area contributed by atoms with Crippen LogP contribution in [-0.4, -0.2) is 40.2 Å². The van der Waals surface area contributed by atoms with Crippen molar-refractivity contribution in [2.75, 3.05) is 13.1 Å². The maximum absolute atomic E-state index is 12.4. The molecule has 7 nitrogen and oxygen atoms in total. The van der Waals surface area contributed by atoms with Crippen molar-refractivity contribution in [3.8, 4) is 0 Å². The third kappa shape index (κ3) is 4.44. The molecule has 1 aromatic carbocycles. The molecule has 1 unspecified atom stereocenters. The van der Waals surface area contributed by atoms with Crippen LogP contribution in [0.1, 0.15) is 38.3 Å². The van der Waals surface area contributed by atoms with Crippen LogP contribution in [0.3, 0.4) is 0 Å². The van der Waals surface area contributed by atoms with E-state index < -0.39 is 6.10 Å². The second-order valence-electron chi connectivity index (χ2n) is 7.22. The number of nitrogens with one attached hydrogen (secondary N) is 1. The van der Waals surface area contributed by atoms with Crippen LogP contribution in [0.15, 0.2) is 18.2 Å². The highest BCUT2D eigenvalue weighted by atomic mass is 16.6. The summed E-state index contributed by atoms with van der Waals surface area (Å²) in [5.74, 6) is 0. The summed E-state index contributed by atoms with van der Waals surface area (Å²) in [4.78, 5) is 24.8. The number of amides is 2. The zero-order valence-corrected chi connectivity index (χ0v) is 14.4. The van der Waals surface area contributed by atoms with Gasteiger partial charge in [0.15, 0.2) is 0 Å². The molecule has 0 aliphatic carbocycles. The summed E-state index contributed by atoms with van der Waals surface area (Å²) in [5.41, 5.74) is 1.48. The monoisotopic (exact) mass is 335 g/mol. The molecule has 0 radical (unpaired) electrons. The highest BCUT2D eigenvalue weighted by Crippen LogP contribution is 2.28. The SMILES string of the molecule is CC(O)CC(C)(C)CNC(=O)N1CCc2c(cccc2[N+](=O)[O-])C1. The van der Waals surface area contributed by atoms with Gasteiger partial charge in [0.25, 0.3) is 5.69 Å². The second-order valence-corrected chi connectivity index (χ2v) is 7.22. The van der Waals surface area contributed by atoms with Gasteiger partial charge in [-0.3, -0.25) is 10.1 Å². The highest BCUT2D eigenvalue weighted by Gasteiger charge is 2.27. The Morgan fingerprint density at radius 3 is 2.83 bits per heavy atom. The molecule has 0 saturated carbocycles. The smallest absolute Gasteiger partial charge is 0.317 e. The Balaban J connectivity index is 1.99. The van der Waals surface area contributed by atoms with E-state index in [-0.39, 0.29) is 22.1 Å². The summed E-state index contributed by atoms with van der Waals surface area (Å²) in [5, 5.41) is 23.5. The molecule has 1 aliphatic rings. The number of hydrogen-bond acceptors (Lipinski definition) is 4.